The van der Waals surface area contributed by atoms with Crippen molar-refractivity contribution < 1.29 is 0 Å². The van der Waals surface area contributed by atoms with Gasteiger partial charge < -0.3 is 0 Å². The fourth-order valence-corrected chi connectivity index (χ4v) is 2.64. The summed E-state index contributed by atoms with van der Waals surface area (Å²) < 4.78 is 0. The van der Waals surface area contributed by atoms with Crippen molar-refractivity contribution in [2.24, 2.45) is 0 Å². The summed E-state index contributed by atoms with van der Waals surface area (Å²) in [5.41, 5.74) is 0. The van der Waals surface area contributed by atoms with Gasteiger partial charge in [-0.1, -0.05) is 24.3 Å². The molecule has 0 fully saturated rings. The molecule has 0 spiro atoms. The predicted molar refractivity (Wildman–Crippen MR) is 49.5 cm³/mol. The second kappa shape index (κ2) is 2.17. The highest BCUT2D eigenvalue weighted by atomic mass is 32.2. The van der Waals surface area contributed by atoms with Gasteiger partial charge in [0.05, 0.1) is 0 Å². The molecule has 0 N–H and O–H groups in total. The Bertz CT molecular complexity index is 316. The minimum atomic E-state index is 0.0581. The van der Waals surface area contributed by atoms with Crippen molar-refractivity contribution in [2.45, 2.75) is 0 Å². The molecule has 0 atom stereocenters. The normalized spacial score (nSPS) is 17.5. The topological polar surface area (TPSA) is 0 Å². The van der Waals surface area contributed by atoms with Gasteiger partial charge in [0.25, 0.3) is 0 Å². The summed E-state index contributed by atoms with van der Waals surface area (Å²) in [5.74, 6) is 0. The van der Waals surface area contributed by atoms with E-state index in [4.69, 9.17) is 0 Å². The Balaban J connectivity index is 2.83. The third-order valence-corrected chi connectivity index (χ3v) is 3.05. The van der Waals surface area contributed by atoms with Crippen molar-refractivity contribution in [2.75, 3.05) is 6.26 Å². The molecule has 0 unspecified atom stereocenters. The first-order valence-electron chi connectivity index (χ1n) is 3.37. The van der Waals surface area contributed by atoms with Gasteiger partial charge >= 0.3 is 0 Å². The monoisotopic (exact) mass is 150 g/mol. The molecule has 0 aromatic heterocycles. The smallest absolute Gasteiger partial charge is 0.0131 e. The van der Waals surface area contributed by atoms with E-state index in [1.807, 2.05) is 0 Å². The van der Waals surface area contributed by atoms with Crippen LogP contribution in [0.25, 0.3) is 10.8 Å². The summed E-state index contributed by atoms with van der Waals surface area (Å²) in [5, 5.41) is 7.53. The Labute approximate surface area is 63.2 Å². The molecule has 1 aliphatic heterocycles. The lowest BCUT2D eigenvalue weighted by molar-refractivity contribution is 1.55. The molecule has 1 heterocycles. The zero-order valence-electron chi connectivity index (χ0n) is 5.91. The zero-order valence-corrected chi connectivity index (χ0v) is 6.81. The number of rotatable bonds is 0. The summed E-state index contributed by atoms with van der Waals surface area (Å²) in [6.07, 6.45) is 2.27. The molecule has 1 heteroatoms. The second-order valence-corrected chi connectivity index (χ2v) is 4.40. The van der Waals surface area contributed by atoms with Crippen LogP contribution in [0, 0.1) is 0 Å². The molecule has 1 aromatic rings. The number of fused-ring (bicyclic) bond motifs is 1. The molecular weight excluding hydrogens is 140 g/mol. The molecule has 0 nitrogen and oxygen atoms in total. The van der Waals surface area contributed by atoms with E-state index in [0.717, 1.165) is 0 Å². The fraction of sp³-hybridized carbons (Fsp3) is 0.111. The highest BCUT2D eigenvalue weighted by Gasteiger charge is 1.94. The molecule has 0 aliphatic carbocycles. The average molecular weight is 150 g/mol. The Morgan fingerprint density at radius 3 is 2.00 bits per heavy atom. The van der Waals surface area contributed by atoms with Crippen LogP contribution in [0.3, 0.4) is 0 Å². The summed E-state index contributed by atoms with van der Waals surface area (Å²) >= 11 is 0. The Morgan fingerprint density at radius 1 is 1.00 bits per heavy atom. The van der Waals surface area contributed by atoms with Crippen molar-refractivity contribution in [1.82, 2.24) is 0 Å². The number of thiol groups is 1. The maximum Gasteiger partial charge on any atom is -0.0131 e. The predicted octanol–water partition coefficient (Wildman–Crippen LogP) is 0.807. The van der Waals surface area contributed by atoms with Crippen molar-refractivity contribution in [3.63, 3.8) is 0 Å². The van der Waals surface area contributed by atoms with Gasteiger partial charge in [0, 0.05) is 0 Å². The highest BCUT2D eigenvalue weighted by Crippen LogP contribution is 2.24. The van der Waals surface area contributed by atoms with E-state index in [-0.39, 0.29) is 10.9 Å². The molecule has 10 heavy (non-hydrogen) atoms. The molecule has 52 valence electrons. The third kappa shape index (κ3) is 0.868. The van der Waals surface area contributed by atoms with Gasteiger partial charge in [0.2, 0.25) is 0 Å². The molecular formula is C9H10S. The average Bonchev–Trinajstić information content (AvgIpc) is 2.27. The van der Waals surface area contributed by atoms with Crippen LogP contribution in [0.5, 0.6) is 0 Å². The van der Waals surface area contributed by atoms with E-state index in [2.05, 4.69) is 41.3 Å². The van der Waals surface area contributed by atoms with Crippen LogP contribution >= 0.6 is 10.9 Å². The lowest BCUT2D eigenvalue weighted by atomic mass is 10.3. The molecule has 0 saturated carbocycles. The lowest BCUT2D eigenvalue weighted by Gasteiger charge is -1.93. The van der Waals surface area contributed by atoms with E-state index in [0.29, 0.717) is 0 Å². The highest BCUT2D eigenvalue weighted by molar-refractivity contribution is 8.29. The molecule has 0 saturated heterocycles. The van der Waals surface area contributed by atoms with Gasteiger partial charge in [-0.05, 0) is 27.5 Å². The van der Waals surface area contributed by atoms with Gasteiger partial charge in [-0.3, -0.25) is 0 Å². The largest absolute Gasteiger partial charge is 0.215 e. The first kappa shape index (κ1) is 6.05. The van der Waals surface area contributed by atoms with E-state index >= 15 is 0 Å². The van der Waals surface area contributed by atoms with Crippen LogP contribution in [0.2, 0.25) is 0 Å². The first-order valence-corrected chi connectivity index (χ1v) is 5.30. The standard InChI is InChI=1S/C9H10S/c1-10-6-8-4-2-3-5-9(8)7-10/h2-7,10H,1H3. The molecule has 0 bridgehead atoms. The number of benzene rings is 1. The maximum atomic E-state index is 2.35. The van der Waals surface area contributed by atoms with E-state index in [1.165, 1.54) is 10.4 Å². The molecule has 2 rings (SSSR count). The first-order chi connectivity index (χ1) is 4.86. The molecule has 0 amide bonds. The van der Waals surface area contributed by atoms with Crippen LogP contribution in [0.15, 0.2) is 24.3 Å². The SMILES string of the molecule is C[SH]1C=c2ccccc2=C1. The van der Waals surface area contributed by atoms with Crippen LogP contribution in [-0.2, 0) is 0 Å². The third-order valence-electron chi connectivity index (χ3n) is 1.68. The second-order valence-electron chi connectivity index (χ2n) is 2.55. The number of hydrogen-bond donors (Lipinski definition) is 1. The number of hydrogen-bond acceptors (Lipinski definition) is 0. The van der Waals surface area contributed by atoms with E-state index < -0.39 is 0 Å². The van der Waals surface area contributed by atoms with Crippen molar-refractivity contribution in [3.8, 4) is 0 Å². The van der Waals surface area contributed by atoms with Crippen LogP contribution in [0.4, 0.5) is 0 Å². The van der Waals surface area contributed by atoms with Gasteiger partial charge in [0.1, 0.15) is 0 Å². The summed E-state index contributed by atoms with van der Waals surface area (Å²) in [7, 11) is 0.0581. The van der Waals surface area contributed by atoms with E-state index in [9.17, 15) is 0 Å². The summed E-state index contributed by atoms with van der Waals surface area (Å²) in [6.45, 7) is 0. The molecule has 1 aromatic carbocycles. The lowest BCUT2D eigenvalue weighted by Crippen LogP contribution is -2.19. The van der Waals surface area contributed by atoms with Crippen LogP contribution < -0.4 is 10.4 Å². The summed E-state index contributed by atoms with van der Waals surface area (Å²) in [4.78, 5) is 0. The zero-order chi connectivity index (χ0) is 6.97. The van der Waals surface area contributed by atoms with E-state index in [1.54, 1.807) is 0 Å². The van der Waals surface area contributed by atoms with Gasteiger partial charge in [-0.25, -0.2) is 10.9 Å². The molecule has 0 radical (unpaired) electrons. The minimum absolute atomic E-state index is 0.0581. The van der Waals surface area contributed by atoms with Crippen LogP contribution in [0.1, 0.15) is 0 Å². The van der Waals surface area contributed by atoms with Gasteiger partial charge in [0.15, 0.2) is 0 Å². The fourth-order valence-electron chi connectivity index (χ4n) is 1.22. The quantitative estimate of drug-likeness (QED) is 0.520. The Morgan fingerprint density at radius 2 is 1.50 bits per heavy atom. The Kier molecular flexibility index (Phi) is 1.31. The van der Waals surface area contributed by atoms with Crippen LogP contribution in [-0.4, -0.2) is 6.26 Å². The minimum Gasteiger partial charge on any atom is -0.215 e. The molecule has 1 aliphatic rings. The van der Waals surface area contributed by atoms with Crippen molar-refractivity contribution in [3.05, 3.63) is 34.7 Å². The maximum absolute atomic E-state index is 2.35. The van der Waals surface area contributed by atoms with Gasteiger partial charge in [-0.2, -0.15) is 0 Å². The Hall–Kier alpha value is -0.690. The van der Waals surface area contributed by atoms with Crippen molar-refractivity contribution >= 4 is 21.7 Å². The van der Waals surface area contributed by atoms with Crippen molar-refractivity contribution in [1.29, 1.82) is 0 Å². The van der Waals surface area contributed by atoms with Gasteiger partial charge in [-0.15, -0.1) is 0 Å². The summed E-state index contributed by atoms with van der Waals surface area (Å²) in [6, 6.07) is 8.55.